The van der Waals surface area contributed by atoms with Crippen LogP contribution in [0.4, 0.5) is 0 Å². The summed E-state index contributed by atoms with van der Waals surface area (Å²) in [4.78, 5) is 12.6. The van der Waals surface area contributed by atoms with Crippen LogP contribution >= 0.6 is 0 Å². The van der Waals surface area contributed by atoms with Crippen molar-refractivity contribution in [3.05, 3.63) is 42.1 Å². The fourth-order valence-electron chi connectivity index (χ4n) is 4.70. The number of methoxy groups -OCH3 is 1. The molecule has 0 bridgehead atoms. The largest absolute Gasteiger partial charge is 0.493 e. The summed E-state index contributed by atoms with van der Waals surface area (Å²) >= 11 is 0. The van der Waals surface area contributed by atoms with Gasteiger partial charge in [0.15, 0.2) is 35.7 Å². The van der Waals surface area contributed by atoms with E-state index in [4.69, 9.17) is 18.9 Å². The van der Waals surface area contributed by atoms with Crippen molar-refractivity contribution in [3.63, 3.8) is 0 Å². The van der Waals surface area contributed by atoms with Crippen LogP contribution in [-0.2, 0) is 17.8 Å². The Morgan fingerprint density at radius 1 is 1.06 bits per heavy atom. The summed E-state index contributed by atoms with van der Waals surface area (Å²) in [7, 11) is 1.60. The van der Waals surface area contributed by atoms with E-state index in [2.05, 4.69) is 35.9 Å². The number of unbranched alkanes of at least 4 members (excludes halogenated alkanes) is 4. The molecule has 0 amide bonds. The van der Waals surface area contributed by atoms with Gasteiger partial charge in [0.25, 0.3) is 0 Å². The molecule has 0 spiro atoms. The molecule has 3 aromatic rings. The van der Waals surface area contributed by atoms with Crippen molar-refractivity contribution < 1.29 is 28.3 Å². The summed E-state index contributed by atoms with van der Waals surface area (Å²) in [5.74, 6) is 2.46. The zero-order chi connectivity index (χ0) is 22.8. The van der Waals surface area contributed by atoms with Crippen LogP contribution in [0.15, 0.2) is 36.5 Å². The van der Waals surface area contributed by atoms with Crippen LogP contribution in [0.1, 0.15) is 51.0 Å². The average molecular weight is 449 g/mol. The molecule has 5 rings (SSSR count). The maximum atomic E-state index is 12.6. The van der Waals surface area contributed by atoms with Crippen LogP contribution in [0.2, 0.25) is 0 Å². The van der Waals surface area contributed by atoms with Gasteiger partial charge in [-0.1, -0.05) is 32.6 Å². The monoisotopic (exact) mass is 448 g/mol. The van der Waals surface area contributed by atoms with Crippen LogP contribution in [0.3, 0.4) is 0 Å². The number of nitrogens with zero attached hydrogens (tertiary/aromatic N) is 1. The number of hydrogen-bond acceptors (Lipinski definition) is 5. The normalized spacial score (nSPS) is 13.5. The lowest BCUT2D eigenvalue weighted by Crippen LogP contribution is -2.40. The highest BCUT2D eigenvalue weighted by Gasteiger charge is 2.29. The lowest BCUT2D eigenvalue weighted by Gasteiger charge is -2.17. The zero-order valence-electron chi connectivity index (χ0n) is 19.3. The summed E-state index contributed by atoms with van der Waals surface area (Å²) in [5.41, 5.74) is 3.51. The molecule has 6 nitrogen and oxygen atoms in total. The number of benzene rings is 2. The van der Waals surface area contributed by atoms with E-state index in [0.29, 0.717) is 17.9 Å². The smallest absolute Gasteiger partial charge is 0.311 e. The first-order valence-corrected chi connectivity index (χ1v) is 11.9. The van der Waals surface area contributed by atoms with Gasteiger partial charge < -0.3 is 18.9 Å². The average Bonchev–Trinajstić information content (AvgIpc) is 3.29. The predicted octanol–water partition coefficient (Wildman–Crippen LogP) is 5.35. The molecular weight excluding hydrogens is 418 g/mol. The first-order valence-electron chi connectivity index (χ1n) is 11.9. The summed E-state index contributed by atoms with van der Waals surface area (Å²) in [6.45, 7) is 3.29. The first-order chi connectivity index (χ1) is 16.2. The van der Waals surface area contributed by atoms with E-state index < -0.39 is 0 Å². The van der Waals surface area contributed by atoms with Crippen LogP contribution < -0.4 is 23.5 Å². The molecule has 0 aliphatic carbocycles. The second kappa shape index (κ2) is 9.30. The van der Waals surface area contributed by atoms with Gasteiger partial charge in [-0.05, 0) is 41.6 Å². The Labute approximate surface area is 194 Å². The molecule has 0 unspecified atom stereocenters. The van der Waals surface area contributed by atoms with Crippen molar-refractivity contribution in [3.8, 4) is 34.3 Å². The van der Waals surface area contributed by atoms with E-state index in [0.717, 1.165) is 65.8 Å². The maximum absolute atomic E-state index is 12.6. The molecule has 0 N–H and O–H groups in total. The van der Waals surface area contributed by atoms with E-state index in [1.807, 2.05) is 12.1 Å². The van der Waals surface area contributed by atoms with Crippen molar-refractivity contribution >= 4 is 16.7 Å². The third kappa shape index (κ3) is 4.22. The molecular formula is C27H30NO5+. The van der Waals surface area contributed by atoms with Crippen LogP contribution in [0, 0.1) is 0 Å². The molecule has 33 heavy (non-hydrogen) atoms. The Morgan fingerprint density at radius 2 is 1.88 bits per heavy atom. The lowest BCUT2D eigenvalue weighted by molar-refractivity contribution is -0.686. The summed E-state index contributed by atoms with van der Waals surface area (Å²) in [5, 5.41) is 1.87. The number of aryl methyl sites for hydroxylation is 2. The summed E-state index contributed by atoms with van der Waals surface area (Å²) in [6, 6.07) is 10.2. The molecule has 0 saturated heterocycles. The van der Waals surface area contributed by atoms with Crippen LogP contribution in [0.5, 0.6) is 23.0 Å². The highest BCUT2D eigenvalue weighted by molar-refractivity contribution is 5.93. The molecule has 0 fully saturated rings. The van der Waals surface area contributed by atoms with E-state index >= 15 is 0 Å². The third-order valence-electron chi connectivity index (χ3n) is 6.50. The summed E-state index contributed by atoms with van der Waals surface area (Å²) < 4.78 is 24.8. The number of ether oxygens (including phenoxy) is 4. The first kappa shape index (κ1) is 21.6. The number of carbonyl (C=O) groups excluding carboxylic acids is 1. The molecule has 3 heterocycles. The Bertz CT molecular complexity index is 1200. The standard InChI is InChI=1S/C27H30NO5/c1-3-4-5-6-7-8-26(29)33-27-21-16-28-12-11-19-14-24-25(32-17-31-24)15-20(19)22(28)13-18(21)9-10-23(27)30-2/h9-10,13-16H,3-8,11-12,17H2,1-2H3/q+1. The van der Waals surface area contributed by atoms with Gasteiger partial charge in [-0.2, -0.15) is 4.57 Å². The molecule has 172 valence electrons. The van der Waals surface area contributed by atoms with E-state index in [1.54, 1.807) is 7.11 Å². The minimum absolute atomic E-state index is 0.210. The van der Waals surface area contributed by atoms with Crippen LogP contribution in [0.25, 0.3) is 22.0 Å². The number of rotatable bonds is 8. The van der Waals surface area contributed by atoms with Gasteiger partial charge in [0, 0.05) is 18.9 Å². The lowest BCUT2D eigenvalue weighted by atomic mass is 9.95. The zero-order valence-corrected chi connectivity index (χ0v) is 19.3. The fraction of sp³-hybridized carbons (Fsp3) is 0.407. The minimum atomic E-state index is -0.210. The number of carbonyl (C=O) groups is 1. The van der Waals surface area contributed by atoms with Gasteiger partial charge in [-0.15, -0.1) is 0 Å². The molecule has 2 aromatic carbocycles. The Hall–Kier alpha value is -3.28. The maximum Gasteiger partial charge on any atom is 0.311 e. The summed E-state index contributed by atoms with van der Waals surface area (Å²) in [6.07, 6.45) is 8.84. The predicted molar refractivity (Wildman–Crippen MR) is 125 cm³/mol. The van der Waals surface area contributed by atoms with Crippen molar-refractivity contribution in [1.82, 2.24) is 0 Å². The van der Waals surface area contributed by atoms with E-state index in [1.165, 1.54) is 18.4 Å². The number of hydrogen-bond donors (Lipinski definition) is 0. The highest BCUT2D eigenvalue weighted by Crippen LogP contribution is 2.41. The molecule has 0 atom stereocenters. The number of fused-ring (bicyclic) bond motifs is 5. The third-order valence-corrected chi connectivity index (χ3v) is 6.50. The number of pyridine rings is 1. The van der Waals surface area contributed by atoms with Gasteiger partial charge in [0.2, 0.25) is 12.5 Å². The second-order valence-electron chi connectivity index (χ2n) is 8.70. The quantitative estimate of drug-likeness (QED) is 0.201. The van der Waals surface area contributed by atoms with Gasteiger partial charge in [-0.3, -0.25) is 4.79 Å². The van der Waals surface area contributed by atoms with Gasteiger partial charge in [0.1, 0.15) is 0 Å². The Morgan fingerprint density at radius 3 is 2.70 bits per heavy atom. The van der Waals surface area contributed by atoms with Gasteiger partial charge >= 0.3 is 5.97 Å². The van der Waals surface area contributed by atoms with Crippen molar-refractivity contribution in [2.45, 2.75) is 58.4 Å². The minimum Gasteiger partial charge on any atom is -0.493 e. The SMILES string of the molecule is CCCCCCCC(=O)Oc1c(OC)ccc2cc3[n+](cc12)CCc1cc2c(cc1-3)OCO2. The molecule has 2 aliphatic rings. The Kier molecular flexibility index (Phi) is 6.07. The van der Waals surface area contributed by atoms with E-state index in [-0.39, 0.29) is 12.8 Å². The highest BCUT2D eigenvalue weighted by atomic mass is 16.7. The van der Waals surface area contributed by atoms with Crippen molar-refractivity contribution in [2.24, 2.45) is 0 Å². The second-order valence-corrected chi connectivity index (χ2v) is 8.70. The molecule has 0 saturated carbocycles. The number of aromatic nitrogens is 1. The molecule has 0 radical (unpaired) electrons. The Balaban J connectivity index is 1.47. The molecule has 2 aliphatic heterocycles. The fourth-order valence-corrected chi connectivity index (χ4v) is 4.70. The topological polar surface area (TPSA) is 57.9 Å². The van der Waals surface area contributed by atoms with Gasteiger partial charge in [0.05, 0.1) is 18.1 Å². The van der Waals surface area contributed by atoms with Crippen molar-refractivity contribution in [2.75, 3.05) is 13.9 Å². The number of esters is 1. The molecule has 1 aromatic heterocycles. The van der Waals surface area contributed by atoms with Crippen molar-refractivity contribution in [1.29, 1.82) is 0 Å². The van der Waals surface area contributed by atoms with Crippen LogP contribution in [-0.4, -0.2) is 19.9 Å². The molecule has 6 heteroatoms. The van der Waals surface area contributed by atoms with Gasteiger partial charge in [-0.25, -0.2) is 0 Å². The van der Waals surface area contributed by atoms with E-state index in [9.17, 15) is 4.79 Å².